The third-order valence-corrected chi connectivity index (χ3v) is 4.20. The molecule has 1 aromatic carbocycles. The third-order valence-electron chi connectivity index (χ3n) is 3.19. The van der Waals surface area contributed by atoms with Crippen molar-refractivity contribution in [2.75, 3.05) is 10.6 Å². The first-order valence-corrected chi connectivity index (χ1v) is 8.17. The van der Waals surface area contributed by atoms with Crippen molar-refractivity contribution in [3.8, 4) is 5.13 Å². The summed E-state index contributed by atoms with van der Waals surface area (Å²) in [4.78, 5) is 28.3. The van der Waals surface area contributed by atoms with Crippen molar-refractivity contribution in [2.45, 2.75) is 13.3 Å². The molecule has 2 amide bonds. The number of nitrogens with zero attached hydrogens (tertiary/aromatic N) is 2. The molecule has 0 radical (unpaired) electrons. The molecule has 3 rings (SSSR count). The molecule has 0 saturated heterocycles. The summed E-state index contributed by atoms with van der Waals surface area (Å²) >= 11 is 1.48. The monoisotopic (exact) mass is 340 g/mol. The van der Waals surface area contributed by atoms with Crippen LogP contribution in [-0.2, 0) is 16.0 Å². The molecule has 3 aromatic rings. The van der Waals surface area contributed by atoms with Gasteiger partial charge in [-0.15, -0.1) is 11.3 Å². The molecule has 2 aromatic heterocycles. The molecule has 0 aliphatic carbocycles. The van der Waals surface area contributed by atoms with Crippen LogP contribution in [0.5, 0.6) is 0 Å². The fraction of sp³-hybridized carbons (Fsp3) is 0.118. The molecular formula is C17H16N4O2S. The van der Waals surface area contributed by atoms with Gasteiger partial charge < -0.3 is 15.2 Å². The summed E-state index contributed by atoms with van der Waals surface area (Å²) in [5, 5.41) is 6.35. The van der Waals surface area contributed by atoms with Gasteiger partial charge in [-0.05, 0) is 36.4 Å². The van der Waals surface area contributed by atoms with Crippen molar-refractivity contribution < 1.29 is 9.59 Å². The maximum absolute atomic E-state index is 12.1. The van der Waals surface area contributed by atoms with E-state index in [4.69, 9.17) is 0 Å². The summed E-state index contributed by atoms with van der Waals surface area (Å²) in [6, 6.07) is 10.8. The molecule has 2 heterocycles. The lowest BCUT2D eigenvalue weighted by molar-refractivity contribution is -0.116. The first kappa shape index (κ1) is 15.9. The molecular weight excluding hydrogens is 324 g/mol. The summed E-state index contributed by atoms with van der Waals surface area (Å²) in [7, 11) is 0. The van der Waals surface area contributed by atoms with Crippen LogP contribution in [0.1, 0.15) is 11.8 Å². The van der Waals surface area contributed by atoms with Crippen LogP contribution in [0, 0.1) is 0 Å². The largest absolute Gasteiger partial charge is 0.326 e. The lowest BCUT2D eigenvalue weighted by Crippen LogP contribution is -2.13. The predicted molar refractivity (Wildman–Crippen MR) is 94.5 cm³/mol. The maximum Gasteiger partial charge on any atom is 0.229 e. The van der Waals surface area contributed by atoms with Crippen LogP contribution in [0.3, 0.4) is 0 Å². The number of hydrogen-bond donors (Lipinski definition) is 2. The van der Waals surface area contributed by atoms with Gasteiger partial charge in [0.25, 0.3) is 0 Å². The van der Waals surface area contributed by atoms with Crippen molar-refractivity contribution >= 4 is 34.5 Å². The summed E-state index contributed by atoms with van der Waals surface area (Å²) in [5.74, 6) is -0.236. The fourth-order valence-corrected chi connectivity index (χ4v) is 3.04. The minimum Gasteiger partial charge on any atom is -0.326 e. The van der Waals surface area contributed by atoms with Crippen molar-refractivity contribution in [1.29, 1.82) is 0 Å². The Labute approximate surface area is 143 Å². The number of benzene rings is 1. The highest BCUT2D eigenvalue weighted by Gasteiger charge is 2.09. The van der Waals surface area contributed by atoms with Crippen molar-refractivity contribution in [1.82, 2.24) is 9.55 Å². The summed E-state index contributed by atoms with van der Waals surface area (Å²) in [6.07, 6.45) is 5.82. The highest BCUT2D eigenvalue weighted by molar-refractivity contribution is 7.14. The summed E-state index contributed by atoms with van der Waals surface area (Å²) in [5.41, 5.74) is 1.38. The van der Waals surface area contributed by atoms with Gasteiger partial charge in [-0.25, -0.2) is 4.98 Å². The van der Waals surface area contributed by atoms with E-state index in [1.165, 1.54) is 18.3 Å². The van der Waals surface area contributed by atoms with E-state index in [2.05, 4.69) is 15.6 Å². The minimum atomic E-state index is -0.129. The predicted octanol–water partition coefficient (Wildman–Crippen LogP) is 3.07. The SMILES string of the molecule is CC(=O)Nc1ccc(NC(=O)Cc2cnc(-n3cccc3)s2)cc1. The zero-order chi connectivity index (χ0) is 16.9. The van der Waals surface area contributed by atoms with Crippen LogP contribution in [0.15, 0.2) is 55.0 Å². The first-order valence-electron chi connectivity index (χ1n) is 7.36. The van der Waals surface area contributed by atoms with Crippen molar-refractivity contribution in [3.63, 3.8) is 0 Å². The standard InChI is InChI=1S/C17H16N4O2S/c1-12(22)19-13-4-6-14(7-5-13)20-16(23)10-15-11-18-17(24-15)21-8-2-3-9-21/h2-9,11H,10H2,1H3,(H,19,22)(H,20,23). The van der Waals surface area contributed by atoms with Gasteiger partial charge in [-0.1, -0.05) is 0 Å². The van der Waals surface area contributed by atoms with Gasteiger partial charge in [-0.3, -0.25) is 9.59 Å². The Morgan fingerprint density at radius 2 is 1.71 bits per heavy atom. The average molecular weight is 340 g/mol. The van der Waals surface area contributed by atoms with Gasteiger partial charge >= 0.3 is 0 Å². The van der Waals surface area contributed by atoms with Gasteiger partial charge in [0.2, 0.25) is 11.8 Å². The van der Waals surface area contributed by atoms with Gasteiger partial charge in [0.15, 0.2) is 5.13 Å². The second kappa shape index (κ2) is 7.10. The minimum absolute atomic E-state index is 0.106. The van der Waals surface area contributed by atoms with Crippen molar-refractivity contribution in [3.05, 3.63) is 59.9 Å². The zero-order valence-corrected chi connectivity index (χ0v) is 13.8. The number of anilines is 2. The Morgan fingerprint density at radius 1 is 1.08 bits per heavy atom. The molecule has 2 N–H and O–H groups in total. The normalized spacial score (nSPS) is 10.4. The first-order chi connectivity index (χ1) is 11.6. The number of aromatic nitrogens is 2. The molecule has 0 aliphatic heterocycles. The Balaban J connectivity index is 1.58. The van der Waals surface area contributed by atoms with Crippen LogP contribution in [-0.4, -0.2) is 21.4 Å². The summed E-state index contributed by atoms with van der Waals surface area (Å²) in [6.45, 7) is 1.45. The second-order valence-corrected chi connectivity index (χ2v) is 6.28. The van der Waals surface area contributed by atoms with E-state index in [1.54, 1.807) is 30.5 Å². The molecule has 0 aliphatic rings. The van der Waals surface area contributed by atoms with Gasteiger partial charge in [0.1, 0.15) is 0 Å². The number of amides is 2. The van der Waals surface area contributed by atoms with E-state index in [9.17, 15) is 9.59 Å². The molecule has 6 nitrogen and oxygen atoms in total. The molecule has 0 unspecified atom stereocenters. The van der Waals surface area contributed by atoms with E-state index in [0.717, 1.165) is 10.0 Å². The number of hydrogen-bond acceptors (Lipinski definition) is 4. The topological polar surface area (TPSA) is 76.0 Å². The molecule has 0 atom stereocenters. The number of carbonyl (C=O) groups excluding carboxylic acids is 2. The van der Waals surface area contributed by atoms with E-state index in [0.29, 0.717) is 11.4 Å². The Kier molecular flexibility index (Phi) is 4.72. The van der Waals surface area contributed by atoms with Crippen LogP contribution in [0.4, 0.5) is 11.4 Å². The van der Waals surface area contributed by atoms with E-state index in [-0.39, 0.29) is 18.2 Å². The zero-order valence-electron chi connectivity index (χ0n) is 13.0. The molecule has 0 spiro atoms. The summed E-state index contributed by atoms with van der Waals surface area (Å²) < 4.78 is 1.91. The fourth-order valence-electron chi connectivity index (χ4n) is 2.16. The number of thiazole rings is 1. The van der Waals surface area contributed by atoms with Gasteiger partial charge in [0, 0.05) is 41.8 Å². The lowest BCUT2D eigenvalue weighted by Gasteiger charge is -2.06. The van der Waals surface area contributed by atoms with Crippen molar-refractivity contribution in [2.24, 2.45) is 0 Å². The number of carbonyl (C=O) groups is 2. The number of nitrogens with one attached hydrogen (secondary N) is 2. The third kappa shape index (κ3) is 4.08. The van der Waals surface area contributed by atoms with Crippen LogP contribution in [0.25, 0.3) is 5.13 Å². The second-order valence-electron chi connectivity index (χ2n) is 5.18. The molecule has 0 saturated carbocycles. The molecule has 122 valence electrons. The van der Waals surface area contributed by atoms with Gasteiger partial charge in [-0.2, -0.15) is 0 Å². The molecule has 0 fully saturated rings. The maximum atomic E-state index is 12.1. The average Bonchev–Trinajstić information content (AvgIpc) is 3.19. The van der Waals surface area contributed by atoms with Gasteiger partial charge in [0.05, 0.1) is 6.42 Å². The Hall–Kier alpha value is -2.93. The smallest absolute Gasteiger partial charge is 0.229 e. The van der Waals surface area contributed by atoms with E-state index in [1.807, 2.05) is 29.1 Å². The van der Waals surface area contributed by atoms with Crippen LogP contribution < -0.4 is 10.6 Å². The highest BCUT2D eigenvalue weighted by atomic mass is 32.1. The molecule has 24 heavy (non-hydrogen) atoms. The molecule has 7 heteroatoms. The molecule has 0 bridgehead atoms. The Morgan fingerprint density at radius 3 is 2.33 bits per heavy atom. The van der Waals surface area contributed by atoms with E-state index < -0.39 is 0 Å². The van der Waals surface area contributed by atoms with Crippen LogP contribution in [0.2, 0.25) is 0 Å². The quantitative estimate of drug-likeness (QED) is 0.749. The highest BCUT2D eigenvalue weighted by Crippen LogP contribution is 2.19. The van der Waals surface area contributed by atoms with E-state index >= 15 is 0 Å². The number of rotatable bonds is 5. The lowest BCUT2D eigenvalue weighted by atomic mass is 10.2. The Bertz CT molecular complexity index is 838. The van der Waals surface area contributed by atoms with Crippen LogP contribution >= 0.6 is 11.3 Å².